The lowest BCUT2D eigenvalue weighted by molar-refractivity contribution is 0.355. The minimum Gasteiger partial charge on any atom is -0.493 e. The number of hydrogen-bond donors (Lipinski definition) is 0. The number of nitrogens with zero attached hydrogens (tertiary/aromatic N) is 1. The summed E-state index contributed by atoms with van der Waals surface area (Å²) in [6, 6.07) is 16.1. The predicted octanol–water partition coefficient (Wildman–Crippen LogP) is 4.80. The largest absolute Gasteiger partial charge is 0.493 e. The standard InChI is InChI=1S/C18H17NO2S/c1-12-17(14-9-10-15(20-2)16(11-14)21-3)19-18(22-12)13-7-5-4-6-8-13/h4-11H,1-3H3. The lowest BCUT2D eigenvalue weighted by atomic mass is 10.1. The number of aryl methyl sites for hydroxylation is 1. The second-order valence-electron chi connectivity index (χ2n) is 4.86. The van der Waals surface area contributed by atoms with E-state index >= 15 is 0 Å². The molecular formula is C18H17NO2S. The summed E-state index contributed by atoms with van der Waals surface area (Å²) >= 11 is 1.70. The first kappa shape index (κ1) is 14.6. The van der Waals surface area contributed by atoms with Crippen molar-refractivity contribution in [3.63, 3.8) is 0 Å². The second kappa shape index (κ2) is 6.20. The van der Waals surface area contributed by atoms with E-state index in [0.29, 0.717) is 5.75 Å². The van der Waals surface area contributed by atoms with Crippen molar-refractivity contribution >= 4 is 11.3 Å². The number of benzene rings is 2. The lowest BCUT2D eigenvalue weighted by Gasteiger charge is -2.08. The molecule has 112 valence electrons. The first-order chi connectivity index (χ1) is 10.7. The zero-order valence-corrected chi connectivity index (χ0v) is 13.6. The van der Waals surface area contributed by atoms with Crippen LogP contribution in [0.5, 0.6) is 11.5 Å². The molecule has 3 aromatic rings. The van der Waals surface area contributed by atoms with Gasteiger partial charge < -0.3 is 9.47 Å². The Kier molecular flexibility index (Phi) is 4.11. The monoisotopic (exact) mass is 311 g/mol. The fraction of sp³-hybridized carbons (Fsp3) is 0.167. The maximum atomic E-state index is 5.38. The van der Waals surface area contributed by atoms with Gasteiger partial charge in [-0.15, -0.1) is 11.3 Å². The summed E-state index contributed by atoms with van der Waals surface area (Å²) in [5, 5.41) is 1.03. The molecule has 2 aromatic carbocycles. The molecule has 0 fully saturated rings. The first-order valence-corrected chi connectivity index (χ1v) is 7.80. The van der Waals surface area contributed by atoms with Gasteiger partial charge in [-0.1, -0.05) is 30.3 Å². The SMILES string of the molecule is COc1ccc(-c2nc(-c3ccccc3)sc2C)cc1OC. The third kappa shape index (κ3) is 2.70. The van der Waals surface area contributed by atoms with Gasteiger partial charge in [-0.3, -0.25) is 0 Å². The first-order valence-electron chi connectivity index (χ1n) is 6.98. The van der Waals surface area contributed by atoms with Crippen molar-refractivity contribution < 1.29 is 9.47 Å². The van der Waals surface area contributed by atoms with Crippen molar-refractivity contribution in [1.82, 2.24) is 4.98 Å². The van der Waals surface area contributed by atoms with Crippen LogP contribution < -0.4 is 9.47 Å². The van der Waals surface area contributed by atoms with Crippen molar-refractivity contribution in [1.29, 1.82) is 0 Å². The zero-order valence-electron chi connectivity index (χ0n) is 12.8. The van der Waals surface area contributed by atoms with Crippen LogP contribution in [0, 0.1) is 6.92 Å². The number of methoxy groups -OCH3 is 2. The third-order valence-electron chi connectivity index (χ3n) is 3.47. The van der Waals surface area contributed by atoms with Gasteiger partial charge in [0.1, 0.15) is 5.01 Å². The number of ether oxygens (including phenoxy) is 2. The molecule has 4 heteroatoms. The molecule has 1 heterocycles. The molecule has 0 bridgehead atoms. The average molecular weight is 311 g/mol. The number of hydrogen-bond acceptors (Lipinski definition) is 4. The topological polar surface area (TPSA) is 31.4 Å². The minimum atomic E-state index is 0.716. The summed E-state index contributed by atoms with van der Waals surface area (Å²) in [5.41, 5.74) is 3.17. The Hall–Kier alpha value is -2.33. The van der Waals surface area contributed by atoms with Gasteiger partial charge in [0.05, 0.1) is 19.9 Å². The molecule has 1 aromatic heterocycles. The Bertz CT molecular complexity index is 781. The van der Waals surface area contributed by atoms with Crippen LogP contribution in [-0.2, 0) is 0 Å². The summed E-state index contributed by atoms with van der Waals surface area (Å²) in [6.45, 7) is 2.09. The van der Waals surface area contributed by atoms with Crippen LogP contribution in [0.1, 0.15) is 4.88 Å². The van der Waals surface area contributed by atoms with Gasteiger partial charge in [0, 0.05) is 16.0 Å². The fourth-order valence-corrected chi connectivity index (χ4v) is 3.29. The molecular weight excluding hydrogens is 294 g/mol. The van der Waals surface area contributed by atoms with E-state index in [1.54, 1.807) is 25.6 Å². The highest BCUT2D eigenvalue weighted by molar-refractivity contribution is 7.15. The van der Waals surface area contributed by atoms with Gasteiger partial charge in [-0.2, -0.15) is 0 Å². The van der Waals surface area contributed by atoms with Crippen molar-refractivity contribution in [2.75, 3.05) is 14.2 Å². The van der Waals surface area contributed by atoms with Crippen LogP contribution in [0.15, 0.2) is 48.5 Å². The van der Waals surface area contributed by atoms with E-state index < -0.39 is 0 Å². The quantitative estimate of drug-likeness (QED) is 0.693. The Balaban J connectivity index is 2.04. The third-order valence-corrected chi connectivity index (χ3v) is 4.49. The van der Waals surface area contributed by atoms with Gasteiger partial charge >= 0.3 is 0 Å². The molecule has 0 spiro atoms. The molecule has 0 saturated heterocycles. The number of aromatic nitrogens is 1. The van der Waals surface area contributed by atoms with E-state index in [4.69, 9.17) is 14.5 Å². The normalized spacial score (nSPS) is 10.5. The van der Waals surface area contributed by atoms with E-state index in [-0.39, 0.29) is 0 Å². The van der Waals surface area contributed by atoms with Crippen LogP contribution in [0.2, 0.25) is 0 Å². The predicted molar refractivity (Wildman–Crippen MR) is 90.8 cm³/mol. The summed E-state index contributed by atoms with van der Waals surface area (Å²) in [5.74, 6) is 1.44. The van der Waals surface area contributed by atoms with E-state index in [0.717, 1.165) is 27.6 Å². The maximum absolute atomic E-state index is 5.38. The summed E-state index contributed by atoms with van der Waals surface area (Å²) in [4.78, 5) is 5.99. The number of rotatable bonds is 4. The van der Waals surface area contributed by atoms with Crippen molar-refractivity contribution in [3.8, 4) is 33.3 Å². The summed E-state index contributed by atoms with van der Waals surface area (Å²) < 4.78 is 10.7. The highest BCUT2D eigenvalue weighted by Crippen LogP contribution is 2.37. The molecule has 3 nitrogen and oxygen atoms in total. The number of thiazole rings is 1. The Morgan fingerprint density at radius 3 is 2.27 bits per heavy atom. The van der Waals surface area contributed by atoms with Gasteiger partial charge in [0.15, 0.2) is 11.5 Å². The average Bonchev–Trinajstić information content (AvgIpc) is 2.97. The molecule has 22 heavy (non-hydrogen) atoms. The molecule has 0 atom stereocenters. The Labute approximate surface area is 134 Å². The lowest BCUT2D eigenvalue weighted by Crippen LogP contribution is -1.91. The van der Waals surface area contributed by atoms with Gasteiger partial charge in [-0.25, -0.2) is 4.98 Å². The molecule has 0 N–H and O–H groups in total. The van der Waals surface area contributed by atoms with Crippen molar-refractivity contribution in [2.24, 2.45) is 0 Å². The van der Waals surface area contributed by atoms with Crippen LogP contribution in [-0.4, -0.2) is 19.2 Å². The van der Waals surface area contributed by atoms with Crippen LogP contribution in [0.3, 0.4) is 0 Å². The van der Waals surface area contributed by atoms with Gasteiger partial charge in [0.25, 0.3) is 0 Å². The Morgan fingerprint density at radius 1 is 0.864 bits per heavy atom. The van der Waals surface area contributed by atoms with Gasteiger partial charge in [0.2, 0.25) is 0 Å². The molecule has 0 aliphatic heterocycles. The van der Waals surface area contributed by atoms with Crippen LogP contribution in [0.4, 0.5) is 0 Å². The molecule has 0 saturated carbocycles. The fourth-order valence-electron chi connectivity index (χ4n) is 2.35. The minimum absolute atomic E-state index is 0.716. The summed E-state index contributed by atoms with van der Waals surface area (Å²) in [7, 11) is 3.28. The highest BCUT2D eigenvalue weighted by Gasteiger charge is 2.13. The van der Waals surface area contributed by atoms with Crippen LogP contribution >= 0.6 is 11.3 Å². The molecule has 3 rings (SSSR count). The van der Waals surface area contributed by atoms with Gasteiger partial charge in [-0.05, 0) is 25.1 Å². The molecule has 0 unspecified atom stereocenters. The smallest absolute Gasteiger partial charge is 0.161 e. The van der Waals surface area contributed by atoms with Crippen LogP contribution in [0.25, 0.3) is 21.8 Å². The van der Waals surface area contributed by atoms with E-state index in [2.05, 4.69) is 19.1 Å². The zero-order chi connectivity index (χ0) is 15.5. The maximum Gasteiger partial charge on any atom is 0.161 e. The highest BCUT2D eigenvalue weighted by atomic mass is 32.1. The molecule has 0 amide bonds. The van der Waals surface area contributed by atoms with Crippen molar-refractivity contribution in [2.45, 2.75) is 6.92 Å². The second-order valence-corrected chi connectivity index (χ2v) is 6.06. The summed E-state index contributed by atoms with van der Waals surface area (Å²) in [6.07, 6.45) is 0. The molecule has 0 aliphatic rings. The van der Waals surface area contributed by atoms with E-state index in [1.165, 1.54) is 4.88 Å². The van der Waals surface area contributed by atoms with E-state index in [1.807, 2.05) is 36.4 Å². The molecule has 0 radical (unpaired) electrons. The molecule has 0 aliphatic carbocycles. The van der Waals surface area contributed by atoms with Crippen molar-refractivity contribution in [3.05, 3.63) is 53.4 Å². The van der Waals surface area contributed by atoms with E-state index in [9.17, 15) is 0 Å². The Morgan fingerprint density at radius 2 is 1.59 bits per heavy atom.